The molecule has 0 radical (unpaired) electrons. The normalized spacial score (nSPS) is 11.5. The van der Waals surface area contributed by atoms with E-state index in [0.717, 1.165) is 6.07 Å². The highest BCUT2D eigenvalue weighted by molar-refractivity contribution is 6.31. The molecule has 0 aliphatic rings. The summed E-state index contributed by atoms with van der Waals surface area (Å²) >= 11 is 5.73. The maximum absolute atomic E-state index is 11.9. The lowest BCUT2D eigenvalue weighted by molar-refractivity contribution is -0.274. The molecule has 0 aliphatic carbocycles. The standard InChI is InChI=1S/C9H8ClF3O2/c1-14-5-6-4-7(2-3-8(6)10)15-9(11,12)13/h2-4H,5H2,1H3. The Morgan fingerprint density at radius 1 is 1.33 bits per heavy atom. The van der Waals surface area contributed by atoms with Crippen LogP contribution in [-0.4, -0.2) is 13.5 Å². The quantitative estimate of drug-likeness (QED) is 0.806. The van der Waals surface area contributed by atoms with Crippen LogP contribution in [0.5, 0.6) is 5.75 Å². The number of hydrogen-bond acceptors (Lipinski definition) is 2. The van der Waals surface area contributed by atoms with Crippen LogP contribution in [0.25, 0.3) is 0 Å². The van der Waals surface area contributed by atoms with Gasteiger partial charge in [-0.2, -0.15) is 0 Å². The summed E-state index contributed by atoms with van der Waals surface area (Å²) in [4.78, 5) is 0. The van der Waals surface area contributed by atoms with Crippen molar-refractivity contribution in [2.24, 2.45) is 0 Å². The maximum Gasteiger partial charge on any atom is 0.573 e. The minimum atomic E-state index is -4.70. The zero-order valence-corrected chi connectivity index (χ0v) is 8.52. The molecule has 0 saturated carbocycles. The number of benzene rings is 1. The summed E-state index contributed by atoms with van der Waals surface area (Å²) in [5, 5.41) is 0.339. The van der Waals surface area contributed by atoms with Gasteiger partial charge >= 0.3 is 6.36 Å². The van der Waals surface area contributed by atoms with Gasteiger partial charge in [0.25, 0.3) is 0 Å². The van der Waals surface area contributed by atoms with Crippen molar-refractivity contribution in [3.63, 3.8) is 0 Å². The Labute approximate surface area is 89.6 Å². The molecule has 0 fully saturated rings. The van der Waals surface area contributed by atoms with Crippen LogP contribution in [0.1, 0.15) is 5.56 Å². The highest BCUT2D eigenvalue weighted by Gasteiger charge is 2.31. The molecule has 1 aromatic carbocycles. The molecule has 0 bridgehead atoms. The van der Waals surface area contributed by atoms with Gasteiger partial charge in [0.15, 0.2) is 0 Å². The van der Waals surface area contributed by atoms with Gasteiger partial charge in [0.2, 0.25) is 0 Å². The third kappa shape index (κ3) is 3.97. The van der Waals surface area contributed by atoms with Crippen LogP contribution >= 0.6 is 11.6 Å². The number of hydrogen-bond donors (Lipinski definition) is 0. The fraction of sp³-hybridized carbons (Fsp3) is 0.333. The van der Waals surface area contributed by atoms with E-state index in [1.165, 1.54) is 19.2 Å². The number of ether oxygens (including phenoxy) is 2. The Hall–Kier alpha value is -0.940. The fourth-order valence-electron chi connectivity index (χ4n) is 1.01. The molecule has 0 N–H and O–H groups in total. The lowest BCUT2D eigenvalue weighted by Crippen LogP contribution is -2.17. The Bertz CT molecular complexity index is 339. The fourth-order valence-corrected chi connectivity index (χ4v) is 1.19. The number of alkyl halides is 3. The topological polar surface area (TPSA) is 18.5 Å². The summed E-state index contributed by atoms with van der Waals surface area (Å²) in [7, 11) is 1.42. The second kappa shape index (κ2) is 4.72. The summed E-state index contributed by atoms with van der Waals surface area (Å²) in [5.41, 5.74) is 0.445. The average molecular weight is 241 g/mol. The van der Waals surface area contributed by atoms with E-state index < -0.39 is 6.36 Å². The minimum Gasteiger partial charge on any atom is -0.406 e. The van der Waals surface area contributed by atoms with E-state index in [0.29, 0.717) is 10.6 Å². The summed E-state index contributed by atoms with van der Waals surface area (Å²) in [6.07, 6.45) is -4.70. The van der Waals surface area contributed by atoms with Gasteiger partial charge < -0.3 is 9.47 Å². The Kier molecular flexibility index (Phi) is 3.82. The van der Waals surface area contributed by atoms with E-state index in [1.54, 1.807) is 0 Å². The van der Waals surface area contributed by atoms with E-state index in [1.807, 2.05) is 0 Å². The molecule has 0 atom stereocenters. The first-order chi connectivity index (χ1) is 6.92. The van der Waals surface area contributed by atoms with Crippen molar-refractivity contribution in [3.8, 4) is 5.75 Å². The van der Waals surface area contributed by atoms with Gasteiger partial charge in [-0.3, -0.25) is 0 Å². The van der Waals surface area contributed by atoms with Crippen molar-refractivity contribution in [1.82, 2.24) is 0 Å². The summed E-state index contributed by atoms with van der Waals surface area (Å²) in [6.45, 7) is 0.133. The minimum absolute atomic E-state index is 0.133. The summed E-state index contributed by atoms with van der Waals surface area (Å²) in [6, 6.07) is 3.67. The van der Waals surface area contributed by atoms with Crippen LogP contribution in [0, 0.1) is 0 Å². The van der Waals surface area contributed by atoms with Crippen LogP contribution in [0.15, 0.2) is 18.2 Å². The Morgan fingerprint density at radius 2 is 2.00 bits per heavy atom. The number of halogens is 4. The van der Waals surface area contributed by atoms with Gasteiger partial charge in [-0.1, -0.05) is 11.6 Å². The molecule has 15 heavy (non-hydrogen) atoms. The molecule has 0 aliphatic heterocycles. The smallest absolute Gasteiger partial charge is 0.406 e. The zero-order valence-electron chi connectivity index (χ0n) is 7.77. The zero-order chi connectivity index (χ0) is 11.5. The predicted octanol–water partition coefficient (Wildman–Crippen LogP) is 3.39. The highest BCUT2D eigenvalue weighted by atomic mass is 35.5. The van der Waals surface area contributed by atoms with E-state index in [2.05, 4.69) is 4.74 Å². The van der Waals surface area contributed by atoms with Crippen molar-refractivity contribution in [3.05, 3.63) is 28.8 Å². The third-order valence-corrected chi connectivity index (χ3v) is 1.92. The second-order valence-corrected chi connectivity index (χ2v) is 3.14. The molecule has 0 spiro atoms. The SMILES string of the molecule is COCc1cc(OC(F)(F)F)ccc1Cl. The molecule has 1 aromatic rings. The molecule has 0 heterocycles. The molecule has 0 unspecified atom stereocenters. The first-order valence-corrected chi connectivity index (χ1v) is 4.33. The number of methoxy groups -OCH3 is 1. The monoisotopic (exact) mass is 240 g/mol. The third-order valence-electron chi connectivity index (χ3n) is 1.55. The van der Waals surface area contributed by atoms with Crippen molar-refractivity contribution in [2.75, 3.05) is 7.11 Å². The van der Waals surface area contributed by atoms with Gasteiger partial charge in [-0.05, 0) is 23.8 Å². The summed E-state index contributed by atoms with van der Waals surface area (Å²) in [5.74, 6) is -0.307. The van der Waals surface area contributed by atoms with Crippen LogP contribution in [0.4, 0.5) is 13.2 Å². The Balaban J connectivity index is 2.87. The van der Waals surface area contributed by atoms with Crippen molar-refractivity contribution in [2.45, 2.75) is 13.0 Å². The molecule has 6 heteroatoms. The van der Waals surface area contributed by atoms with Crippen LogP contribution in [0.3, 0.4) is 0 Å². The second-order valence-electron chi connectivity index (χ2n) is 2.73. The van der Waals surface area contributed by atoms with E-state index in [4.69, 9.17) is 16.3 Å². The highest BCUT2D eigenvalue weighted by Crippen LogP contribution is 2.27. The predicted molar refractivity (Wildman–Crippen MR) is 48.8 cm³/mol. The van der Waals surface area contributed by atoms with E-state index >= 15 is 0 Å². The van der Waals surface area contributed by atoms with Gasteiger partial charge in [0, 0.05) is 12.1 Å². The molecule has 0 amide bonds. The van der Waals surface area contributed by atoms with Gasteiger partial charge in [0.1, 0.15) is 5.75 Å². The molecular weight excluding hydrogens is 233 g/mol. The number of rotatable bonds is 3. The lowest BCUT2D eigenvalue weighted by Gasteiger charge is -2.10. The molecule has 84 valence electrons. The maximum atomic E-state index is 11.9. The van der Waals surface area contributed by atoms with Crippen LogP contribution in [-0.2, 0) is 11.3 Å². The molecule has 2 nitrogen and oxygen atoms in total. The van der Waals surface area contributed by atoms with Crippen molar-refractivity contribution in [1.29, 1.82) is 0 Å². The molecule has 1 rings (SSSR count). The first kappa shape index (κ1) is 12.1. The van der Waals surface area contributed by atoms with Gasteiger partial charge in [-0.25, -0.2) is 0 Å². The average Bonchev–Trinajstić information content (AvgIpc) is 2.09. The van der Waals surface area contributed by atoms with Gasteiger partial charge in [-0.15, -0.1) is 13.2 Å². The lowest BCUT2D eigenvalue weighted by atomic mass is 10.2. The van der Waals surface area contributed by atoms with E-state index in [-0.39, 0.29) is 12.4 Å². The molecular formula is C9H8ClF3O2. The Morgan fingerprint density at radius 3 is 2.53 bits per heavy atom. The van der Waals surface area contributed by atoms with Crippen molar-refractivity contribution < 1.29 is 22.6 Å². The first-order valence-electron chi connectivity index (χ1n) is 3.95. The molecule has 0 aromatic heterocycles. The summed E-state index contributed by atoms with van der Waals surface area (Å²) < 4.78 is 44.1. The van der Waals surface area contributed by atoms with Crippen LogP contribution < -0.4 is 4.74 Å². The van der Waals surface area contributed by atoms with Crippen molar-refractivity contribution >= 4 is 11.6 Å². The van der Waals surface area contributed by atoms with Gasteiger partial charge in [0.05, 0.1) is 6.61 Å². The van der Waals surface area contributed by atoms with E-state index in [9.17, 15) is 13.2 Å². The van der Waals surface area contributed by atoms with Crippen LogP contribution in [0.2, 0.25) is 5.02 Å². The largest absolute Gasteiger partial charge is 0.573 e. The molecule has 0 saturated heterocycles.